The van der Waals surface area contributed by atoms with Gasteiger partial charge in [0.1, 0.15) is 0 Å². The van der Waals surface area contributed by atoms with Crippen LogP contribution in [-0.4, -0.2) is 12.1 Å². The molecule has 0 saturated heterocycles. The lowest BCUT2D eigenvalue weighted by Gasteiger charge is -2.18. The number of benzene rings is 3. The van der Waals surface area contributed by atoms with E-state index in [2.05, 4.69) is 46.1 Å². The monoisotopic (exact) mass is 534 g/mol. The summed E-state index contributed by atoms with van der Waals surface area (Å²) in [6.07, 6.45) is 4.80. The molecule has 0 bridgehead atoms. The van der Waals surface area contributed by atoms with Gasteiger partial charge in [0.15, 0.2) is 0 Å². The molecule has 0 aromatic heterocycles. The number of hydrogen-bond acceptors (Lipinski definition) is 6. The molecule has 0 aliphatic heterocycles. The summed E-state index contributed by atoms with van der Waals surface area (Å²) in [4.78, 5) is 0.692. The summed E-state index contributed by atoms with van der Waals surface area (Å²) < 4.78 is 39.2. The van der Waals surface area contributed by atoms with Crippen LogP contribution in [0.15, 0.2) is 77.7 Å². The zero-order chi connectivity index (χ0) is 25.8. The van der Waals surface area contributed by atoms with E-state index in [0.717, 1.165) is 53.4 Å². The van der Waals surface area contributed by atoms with Gasteiger partial charge in [0, 0.05) is 51.8 Å². The van der Waals surface area contributed by atoms with Gasteiger partial charge in [-0.05, 0) is 78.9 Å². The van der Waals surface area contributed by atoms with Crippen LogP contribution in [0.3, 0.4) is 0 Å². The van der Waals surface area contributed by atoms with Crippen molar-refractivity contribution in [3.05, 3.63) is 72.8 Å². The first-order valence-electron chi connectivity index (χ1n) is 12.1. The molecule has 0 radical (unpaired) electrons. The van der Waals surface area contributed by atoms with Gasteiger partial charge in [0.05, 0.1) is 0 Å². The molecule has 3 aromatic rings. The highest BCUT2D eigenvalue weighted by atomic mass is 32.2. The fourth-order valence-electron chi connectivity index (χ4n) is 3.66. The third-order valence-corrected chi connectivity index (χ3v) is 7.00. The molecule has 3 rings (SSSR count). The van der Waals surface area contributed by atoms with Crippen molar-refractivity contribution in [2.24, 2.45) is 5.92 Å². The number of alkyl halides is 3. The van der Waals surface area contributed by atoms with Crippen molar-refractivity contribution >= 4 is 52.3 Å². The Balaban J connectivity index is 1.71. The Kier molecular flexibility index (Phi) is 11.2. The molecule has 1 unspecified atom stereocenters. The van der Waals surface area contributed by atoms with E-state index >= 15 is 0 Å². The lowest BCUT2D eigenvalue weighted by atomic mass is 9.99. The summed E-state index contributed by atoms with van der Waals surface area (Å²) >= 11 is 0.665. The predicted octanol–water partition coefficient (Wildman–Crippen LogP) is 9.57. The SMILES string of the molecule is CCCCC(CC)CNc1cc(Nc2ccccc2)cc(Nc2ccc(SNSC(F)(F)F)cc2)c1. The molecule has 0 heterocycles. The van der Waals surface area contributed by atoms with Gasteiger partial charge in [0.25, 0.3) is 0 Å². The largest absolute Gasteiger partial charge is 0.457 e. The number of rotatable bonds is 14. The molecule has 4 nitrogen and oxygen atoms in total. The summed E-state index contributed by atoms with van der Waals surface area (Å²) in [6.45, 7) is 5.38. The molecule has 0 spiro atoms. The minimum absolute atomic E-state index is 0.265. The topological polar surface area (TPSA) is 48.1 Å². The van der Waals surface area contributed by atoms with E-state index in [1.54, 1.807) is 12.1 Å². The van der Waals surface area contributed by atoms with E-state index in [9.17, 15) is 13.2 Å². The van der Waals surface area contributed by atoms with Gasteiger partial charge in [-0.15, -0.1) is 0 Å². The van der Waals surface area contributed by atoms with Crippen LogP contribution in [0.25, 0.3) is 0 Å². The summed E-state index contributed by atoms with van der Waals surface area (Å²) in [6, 6.07) is 23.5. The van der Waals surface area contributed by atoms with Crippen molar-refractivity contribution in [2.75, 3.05) is 22.5 Å². The molecule has 36 heavy (non-hydrogen) atoms. The highest BCUT2D eigenvalue weighted by molar-refractivity contribution is 8.13. The third kappa shape index (κ3) is 10.2. The van der Waals surface area contributed by atoms with Gasteiger partial charge in [-0.1, -0.05) is 51.3 Å². The van der Waals surface area contributed by atoms with Gasteiger partial charge in [0.2, 0.25) is 0 Å². The van der Waals surface area contributed by atoms with Gasteiger partial charge < -0.3 is 16.0 Å². The van der Waals surface area contributed by atoms with E-state index in [4.69, 9.17) is 0 Å². The Labute approximate surface area is 220 Å². The molecule has 3 aromatic carbocycles. The smallest absolute Gasteiger partial charge is 0.385 e. The van der Waals surface area contributed by atoms with Crippen molar-refractivity contribution in [2.45, 2.75) is 49.9 Å². The van der Waals surface area contributed by atoms with Crippen LogP contribution in [0.2, 0.25) is 0 Å². The van der Waals surface area contributed by atoms with Crippen LogP contribution in [0, 0.1) is 5.92 Å². The van der Waals surface area contributed by atoms with Crippen molar-refractivity contribution in [3.8, 4) is 0 Å². The third-order valence-electron chi connectivity index (χ3n) is 5.59. The van der Waals surface area contributed by atoms with Crippen LogP contribution in [0.4, 0.5) is 41.6 Å². The Bertz CT molecular complexity index is 1050. The van der Waals surface area contributed by atoms with Crippen molar-refractivity contribution in [1.29, 1.82) is 0 Å². The zero-order valence-corrected chi connectivity index (χ0v) is 22.1. The molecule has 0 saturated carbocycles. The van der Waals surface area contributed by atoms with Crippen LogP contribution in [0.5, 0.6) is 0 Å². The molecule has 194 valence electrons. The standard InChI is InChI=1S/C27H33F3N4S2/c1-3-5-9-20(4-2)19-31-23-16-24(32-21-10-7-6-8-11-21)18-25(17-23)33-22-12-14-26(15-13-22)35-34-36-27(28,29)30/h6-8,10-18,20,31-34H,3-5,9,19H2,1-2H3. The van der Waals surface area contributed by atoms with E-state index < -0.39 is 5.51 Å². The number of nitrogens with one attached hydrogen (secondary N) is 4. The summed E-state index contributed by atoms with van der Waals surface area (Å²) in [5, 5.41) is 10.5. The number of hydrogen-bond donors (Lipinski definition) is 4. The average molecular weight is 535 g/mol. The predicted molar refractivity (Wildman–Crippen MR) is 150 cm³/mol. The maximum absolute atomic E-state index is 12.3. The van der Waals surface area contributed by atoms with E-state index in [1.807, 2.05) is 48.5 Å². The minimum Gasteiger partial charge on any atom is -0.385 e. The van der Waals surface area contributed by atoms with Crippen LogP contribution in [0.1, 0.15) is 39.5 Å². The first-order valence-corrected chi connectivity index (χ1v) is 13.7. The highest BCUT2D eigenvalue weighted by Crippen LogP contribution is 2.32. The van der Waals surface area contributed by atoms with E-state index in [0.29, 0.717) is 10.8 Å². The van der Waals surface area contributed by atoms with E-state index in [1.165, 1.54) is 19.3 Å². The molecule has 1 atom stereocenters. The lowest BCUT2D eigenvalue weighted by Crippen LogP contribution is -2.14. The molecule has 9 heteroatoms. The fraction of sp³-hybridized carbons (Fsp3) is 0.333. The molecule has 0 fully saturated rings. The van der Waals surface area contributed by atoms with Crippen LogP contribution >= 0.6 is 23.9 Å². The summed E-state index contributed by atoms with van der Waals surface area (Å²) in [5.41, 5.74) is 0.420. The van der Waals surface area contributed by atoms with Gasteiger partial charge in [-0.25, -0.2) is 0 Å². The average Bonchev–Trinajstić information content (AvgIpc) is 2.85. The second kappa shape index (κ2) is 14.3. The Hall–Kier alpha value is -2.49. The summed E-state index contributed by atoms with van der Waals surface area (Å²) in [5.74, 6) is 0.626. The molecule has 4 N–H and O–H groups in total. The first-order chi connectivity index (χ1) is 17.3. The van der Waals surface area contributed by atoms with Crippen LogP contribution in [-0.2, 0) is 0 Å². The normalized spacial score (nSPS) is 12.2. The Morgan fingerprint density at radius 1 is 0.778 bits per heavy atom. The van der Waals surface area contributed by atoms with Gasteiger partial charge >= 0.3 is 5.51 Å². The Morgan fingerprint density at radius 3 is 1.97 bits per heavy atom. The second-order valence-corrected chi connectivity index (χ2v) is 10.5. The van der Waals surface area contributed by atoms with Crippen molar-refractivity contribution in [3.63, 3.8) is 0 Å². The number of para-hydroxylation sites is 1. The summed E-state index contributed by atoms with van der Waals surface area (Å²) in [7, 11) is 0. The maximum atomic E-state index is 12.3. The molecular formula is C27H33F3N4S2. The quantitative estimate of drug-likeness (QED) is 0.155. The fourth-order valence-corrected chi connectivity index (χ4v) is 4.86. The molecule has 0 aliphatic carbocycles. The molecule has 0 aliphatic rings. The van der Waals surface area contributed by atoms with Gasteiger partial charge in [-0.3, -0.25) is 0 Å². The second-order valence-electron chi connectivity index (χ2n) is 8.47. The first kappa shape index (κ1) is 28.1. The number of anilines is 5. The van der Waals surface area contributed by atoms with Crippen molar-refractivity contribution < 1.29 is 13.2 Å². The zero-order valence-electron chi connectivity index (χ0n) is 20.5. The van der Waals surface area contributed by atoms with Crippen LogP contribution < -0.4 is 20.1 Å². The maximum Gasteiger partial charge on any atom is 0.457 e. The lowest BCUT2D eigenvalue weighted by molar-refractivity contribution is -0.0331. The van der Waals surface area contributed by atoms with E-state index in [-0.39, 0.29) is 11.9 Å². The van der Waals surface area contributed by atoms with Crippen molar-refractivity contribution in [1.82, 2.24) is 4.13 Å². The van der Waals surface area contributed by atoms with Gasteiger partial charge in [-0.2, -0.15) is 17.3 Å². The molecule has 0 amide bonds. The number of unbranched alkanes of at least 4 members (excludes halogenated alkanes) is 1. The number of halogens is 3. The minimum atomic E-state index is -4.31. The molecular weight excluding hydrogens is 501 g/mol. The Morgan fingerprint density at radius 2 is 1.39 bits per heavy atom. The highest BCUT2D eigenvalue weighted by Gasteiger charge is 2.28.